The molecule has 1 heterocycles. The highest BCUT2D eigenvalue weighted by atomic mass is 79.9. The van der Waals surface area contributed by atoms with E-state index in [1.54, 1.807) is 36.4 Å². The summed E-state index contributed by atoms with van der Waals surface area (Å²) in [5.41, 5.74) is 0.403. The van der Waals surface area contributed by atoms with Crippen molar-refractivity contribution in [2.24, 2.45) is 0 Å². The highest BCUT2D eigenvalue weighted by molar-refractivity contribution is 9.10. The number of anilines is 2. The van der Waals surface area contributed by atoms with Gasteiger partial charge in [0.05, 0.1) is 16.9 Å². The van der Waals surface area contributed by atoms with E-state index in [1.807, 2.05) is 12.1 Å². The van der Waals surface area contributed by atoms with Crippen molar-refractivity contribution in [2.75, 3.05) is 4.90 Å². The maximum Gasteiger partial charge on any atom is 0.416 e. The van der Waals surface area contributed by atoms with Crippen LogP contribution < -0.4 is 4.90 Å². The molecule has 136 valence electrons. The first-order valence-electron chi connectivity index (χ1n) is 7.93. The van der Waals surface area contributed by atoms with Gasteiger partial charge in [-0.1, -0.05) is 45.9 Å². The molecule has 0 unspecified atom stereocenters. The summed E-state index contributed by atoms with van der Waals surface area (Å²) < 4.78 is 40.4. The van der Waals surface area contributed by atoms with Gasteiger partial charge in [-0.05, 0) is 48.5 Å². The minimum Gasteiger partial charge on any atom is -0.275 e. The molecular weight excluding hydrogens is 439 g/mol. The summed E-state index contributed by atoms with van der Waals surface area (Å²) in [6.07, 6.45) is -4.48. The zero-order chi connectivity index (χ0) is 19.2. The molecule has 0 saturated carbocycles. The molecule has 3 aromatic carbocycles. The summed E-state index contributed by atoms with van der Waals surface area (Å²) >= 11 is 4.68. The molecule has 0 atom stereocenters. The molecule has 0 fully saturated rings. The molecule has 7 heteroatoms. The second-order valence-corrected chi connectivity index (χ2v) is 7.90. The number of hydrogen-bond donors (Lipinski definition) is 0. The van der Waals surface area contributed by atoms with Gasteiger partial charge in [-0.2, -0.15) is 13.2 Å². The van der Waals surface area contributed by atoms with Crippen LogP contribution in [0.15, 0.2) is 81.0 Å². The number of rotatable bonds is 1. The quantitative estimate of drug-likeness (QED) is 0.402. The van der Waals surface area contributed by atoms with Crippen molar-refractivity contribution in [1.29, 1.82) is 0 Å². The predicted molar refractivity (Wildman–Crippen MR) is 103 cm³/mol. The average molecular weight is 450 g/mol. The number of para-hydroxylation sites is 1. The molecule has 2 nitrogen and oxygen atoms in total. The van der Waals surface area contributed by atoms with Gasteiger partial charge in [0.25, 0.3) is 5.91 Å². The third-order valence-electron chi connectivity index (χ3n) is 4.13. The van der Waals surface area contributed by atoms with Crippen molar-refractivity contribution >= 4 is 45.0 Å². The third kappa shape index (κ3) is 3.37. The number of carbonyl (C=O) groups excluding carboxylic acids is 1. The highest BCUT2D eigenvalue weighted by Crippen LogP contribution is 2.50. The van der Waals surface area contributed by atoms with Gasteiger partial charge in [-0.3, -0.25) is 9.69 Å². The van der Waals surface area contributed by atoms with Crippen molar-refractivity contribution in [3.63, 3.8) is 0 Å². The summed E-state index contributed by atoms with van der Waals surface area (Å²) in [5.74, 6) is -0.385. The van der Waals surface area contributed by atoms with Crippen LogP contribution in [-0.4, -0.2) is 5.91 Å². The van der Waals surface area contributed by atoms with Crippen molar-refractivity contribution in [3.8, 4) is 0 Å². The molecule has 0 aromatic heterocycles. The number of hydrogen-bond acceptors (Lipinski definition) is 2. The summed E-state index contributed by atoms with van der Waals surface area (Å²) in [6.45, 7) is 0. The molecule has 0 N–H and O–H groups in total. The normalized spacial score (nSPS) is 13.1. The van der Waals surface area contributed by atoms with E-state index >= 15 is 0 Å². The van der Waals surface area contributed by atoms with Gasteiger partial charge < -0.3 is 0 Å². The van der Waals surface area contributed by atoms with E-state index in [1.165, 1.54) is 22.7 Å². The van der Waals surface area contributed by atoms with Crippen LogP contribution in [0, 0.1) is 0 Å². The zero-order valence-corrected chi connectivity index (χ0v) is 16.0. The van der Waals surface area contributed by atoms with Gasteiger partial charge in [0.1, 0.15) is 0 Å². The number of fused-ring (bicyclic) bond motifs is 2. The Bertz CT molecular complexity index is 1050. The predicted octanol–water partition coefficient (Wildman–Crippen LogP) is 6.91. The first-order chi connectivity index (χ1) is 12.8. The standard InChI is InChI=1S/C20H11BrF3NOS/c21-14-5-3-4-12(10-14)19(26)25-15-6-1-2-7-17(15)27-18-9-8-13(11-16(18)25)20(22,23)24/h1-11H. The van der Waals surface area contributed by atoms with Crippen LogP contribution in [0.3, 0.4) is 0 Å². The number of benzene rings is 3. The molecule has 4 rings (SSSR count). The van der Waals surface area contributed by atoms with Crippen molar-refractivity contribution in [3.05, 3.63) is 82.3 Å². The van der Waals surface area contributed by atoms with E-state index in [9.17, 15) is 18.0 Å². The second kappa shape index (κ2) is 6.73. The maximum absolute atomic E-state index is 13.3. The van der Waals surface area contributed by atoms with Crippen molar-refractivity contribution in [1.82, 2.24) is 0 Å². The van der Waals surface area contributed by atoms with Gasteiger partial charge in [0, 0.05) is 19.8 Å². The van der Waals surface area contributed by atoms with E-state index in [4.69, 9.17) is 0 Å². The van der Waals surface area contributed by atoms with Crippen LogP contribution in [0.1, 0.15) is 15.9 Å². The Hall–Kier alpha value is -2.25. The number of nitrogens with zero attached hydrogens (tertiary/aromatic N) is 1. The van der Waals surface area contributed by atoms with E-state index in [-0.39, 0.29) is 11.6 Å². The Morgan fingerprint density at radius 1 is 0.889 bits per heavy atom. The Labute approximate surface area is 166 Å². The SMILES string of the molecule is O=C(c1cccc(Br)c1)N1c2ccccc2Sc2ccc(C(F)(F)F)cc21. The molecule has 1 aliphatic heterocycles. The largest absolute Gasteiger partial charge is 0.416 e. The van der Waals surface area contributed by atoms with Gasteiger partial charge in [-0.25, -0.2) is 0 Å². The molecule has 1 aliphatic rings. The molecule has 0 spiro atoms. The van der Waals surface area contributed by atoms with Crippen molar-refractivity contribution in [2.45, 2.75) is 16.0 Å². The Kier molecular flexibility index (Phi) is 4.52. The minimum atomic E-state index is -4.48. The Morgan fingerprint density at radius 2 is 1.63 bits per heavy atom. The third-order valence-corrected chi connectivity index (χ3v) is 5.75. The molecule has 0 aliphatic carbocycles. The molecular formula is C20H11BrF3NOS. The topological polar surface area (TPSA) is 20.3 Å². The lowest BCUT2D eigenvalue weighted by Crippen LogP contribution is -2.28. The van der Waals surface area contributed by atoms with Crippen molar-refractivity contribution < 1.29 is 18.0 Å². The van der Waals surface area contributed by atoms with Crippen LogP contribution in [0.25, 0.3) is 0 Å². The van der Waals surface area contributed by atoms with Gasteiger partial charge in [0.15, 0.2) is 0 Å². The minimum absolute atomic E-state index is 0.235. The molecule has 3 aromatic rings. The fourth-order valence-electron chi connectivity index (χ4n) is 2.90. The lowest BCUT2D eigenvalue weighted by molar-refractivity contribution is -0.137. The highest BCUT2D eigenvalue weighted by Gasteiger charge is 2.35. The fraction of sp³-hybridized carbons (Fsp3) is 0.0500. The monoisotopic (exact) mass is 449 g/mol. The number of carbonyl (C=O) groups is 1. The van der Waals surface area contributed by atoms with Gasteiger partial charge in [-0.15, -0.1) is 0 Å². The maximum atomic E-state index is 13.3. The van der Waals surface area contributed by atoms with E-state index in [2.05, 4.69) is 15.9 Å². The number of halogens is 4. The summed E-state index contributed by atoms with van der Waals surface area (Å²) in [5, 5.41) is 0. The zero-order valence-electron chi connectivity index (χ0n) is 13.6. The summed E-state index contributed by atoms with van der Waals surface area (Å²) in [6, 6.07) is 17.5. The Morgan fingerprint density at radius 3 is 2.37 bits per heavy atom. The number of amides is 1. The molecule has 27 heavy (non-hydrogen) atoms. The van der Waals surface area contributed by atoms with E-state index < -0.39 is 11.7 Å². The molecule has 0 saturated heterocycles. The van der Waals surface area contributed by atoms with Crippen LogP contribution in [-0.2, 0) is 6.18 Å². The van der Waals surface area contributed by atoms with Crippen LogP contribution in [0.2, 0.25) is 0 Å². The summed E-state index contributed by atoms with van der Waals surface area (Å²) in [4.78, 5) is 16.0. The first-order valence-corrected chi connectivity index (χ1v) is 9.54. The van der Waals surface area contributed by atoms with Crippen LogP contribution in [0.5, 0.6) is 0 Å². The molecule has 0 bridgehead atoms. The van der Waals surface area contributed by atoms with E-state index in [0.29, 0.717) is 16.1 Å². The fourth-order valence-corrected chi connectivity index (χ4v) is 4.34. The number of alkyl halides is 3. The molecule has 1 amide bonds. The average Bonchev–Trinajstić information content (AvgIpc) is 2.64. The van der Waals surface area contributed by atoms with Crippen LogP contribution >= 0.6 is 27.7 Å². The lowest BCUT2D eigenvalue weighted by atomic mass is 10.1. The first kappa shape index (κ1) is 18.1. The van der Waals surface area contributed by atoms with Crippen LogP contribution in [0.4, 0.5) is 24.5 Å². The Balaban J connectivity index is 1.91. The smallest absolute Gasteiger partial charge is 0.275 e. The molecule has 0 radical (unpaired) electrons. The van der Waals surface area contributed by atoms with Gasteiger partial charge in [0.2, 0.25) is 0 Å². The second-order valence-electron chi connectivity index (χ2n) is 5.90. The lowest BCUT2D eigenvalue weighted by Gasteiger charge is -2.31. The van der Waals surface area contributed by atoms with E-state index in [0.717, 1.165) is 21.5 Å². The summed E-state index contributed by atoms with van der Waals surface area (Å²) in [7, 11) is 0. The van der Waals surface area contributed by atoms with Gasteiger partial charge >= 0.3 is 6.18 Å².